The summed E-state index contributed by atoms with van der Waals surface area (Å²) in [6, 6.07) is 5.57. The first-order valence-corrected chi connectivity index (χ1v) is 9.85. The van der Waals surface area contributed by atoms with Crippen molar-refractivity contribution in [2.24, 2.45) is 10.7 Å². The molecule has 1 aromatic rings. The van der Waals surface area contributed by atoms with Crippen LogP contribution in [0.2, 0.25) is 0 Å². The maximum Gasteiger partial charge on any atom is 0.414 e. The van der Waals surface area contributed by atoms with Crippen LogP contribution in [0.15, 0.2) is 27.7 Å². The van der Waals surface area contributed by atoms with Crippen LogP contribution in [0.4, 0.5) is 4.79 Å². The summed E-state index contributed by atoms with van der Waals surface area (Å²) in [5, 5.41) is 12.4. The second-order valence-corrected chi connectivity index (χ2v) is 9.80. The second kappa shape index (κ2) is 9.13. The largest absolute Gasteiger partial charge is 0.487 e. The van der Waals surface area contributed by atoms with Crippen LogP contribution in [0.5, 0.6) is 5.75 Å². The summed E-state index contributed by atoms with van der Waals surface area (Å²) < 4.78 is 11.9. The van der Waals surface area contributed by atoms with Gasteiger partial charge in [-0.25, -0.2) is 9.79 Å². The van der Waals surface area contributed by atoms with E-state index in [-0.39, 0.29) is 12.5 Å². The van der Waals surface area contributed by atoms with Gasteiger partial charge >= 0.3 is 6.09 Å². The third kappa shape index (κ3) is 9.94. The lowest BCUT2D eigenvalue weighted by Crippen LogP contribution is -2.40. The summed E-state index contributed by atoms with van der Waals surface area (Å²) in [5.74, 6) is 0.652. The van der Waals surface area contributed by atoms with Gasteiger partial charge in [-0.05, 0) is 82.1 Å². The van der Waals surface area contributed by atoms with Crippen LogP contribution in [0.1, 0.15) is 60.5 Å². The minimum Gasteiger partial charge on any atom is -0.487 e. The monoisotopic (exact) mass is 457 g/mol. The standard InChI is InChI=1S/C20H32BrN3O4/c1-18(2,3)28-17(25)24-16(22)23-11-13-8-9-15(14(21)10-13)27-20(6,7)12-19(4,5)26/h8-10,26H,11-12H2,1-7H3,(H3,22,23,24,25). The minimum atomic E-state index is -0.830. The first kappa shape index (κ1) is 24.2. The van der Waals surface area contributed by atoms with E-state index in [0.29, 0.717) is 12.2 Å². The van der Waals surface area contributed by atoms with Crippen molar-refractivity contribution in [1.82, 2.24) is 5.32 Å². The summed E-state index contributed by atoms with van der Waals surface area (Å²) in [7, 11) is 0. The van der Waals surface area contributed by atoms with Crippen LogP contribution in [0.25, 0.3) is 0 Å². The first-order valence-electron chi connectivity index (χ1n) is 9.06. The van der Waals surface area contributed by atoms with Crippen molar-refractivity contribution in [3.8, 4) is 5.75 Å². The normalized spacial score (nSPS) is 13.2. The zero-order chi connectivity index (χ0) is 21.8. The third-order valence-corrected chi connectivity index (χ3v) is 3.92. The SMILES string of the molecule is CC(C)(O)CC(C)(C)Oc1ccc(CN=C(N)NC(=O)OC(C)(C)C)cc1Br. The number of carbonyl (C=O) groups is 1. The Balaban J connectivity index is 2.73. The maximum atomic E-state index is 11.7. The van der Waals surface area contributed by atoms with Crippen molar-refractivity contribution in [3.63, 3.8) is 0 Å². The zero-order valence-corrected chi connectivity index (χ0v) is 19.3. The van der Waals surface area contributed by atoms with Crippen LogP contribution < -0.4 is 15.8 Å². The molecule has 8 heteroatoms. The molecule has 0 bridgehead atoms. The molecule has 158 valence electrons. The number of alkyl carbamates (subject to hydrolysis) is 1. The molecule has 0 heterocycles. The number of aliphatic hydroxyl groups is 1. The molecule has 0 saturated carbocycles. The van der Waals surface area contributed by atoms with E-state index < -0.39 is 22.9 Å². The van der Waals surface area contributed by atoms with E-state index in [9.17, 15) is 9.90 Å². The molecule has 0 unspecified atom stereocenters. The van der Waals surface area contributed by atoms with Gasteiger partial charge in [0, 0.05) is 6.42 Å². The molecule has 1 amide bonds. The highest BCUT2D eigenvalue weighted by Gasteiger charge is 2.29. The number of aliphatic imine (C=N–C) groups is 1. The highest BCUT2D eigenvalue weighted by Crippen LogP contribution is 2.32. The van der Waals surface area contributed by atoms with E-state index >= 15 is 0 Å². The maximum absolute atomic E-state index is 11.7. The molecule has 0 aromatic heterocycles. The number of guanidine groups is 1. The molecule has 4 N–H and O–H groups in total. The van der Waals surface area contributed by atoms with Crippen molar-refractivity contribution in [2.45, 2.75) is 78.2 Å². The number of nitrogens with one attached hydrogen (secondary N) is 1. The number of hydrogen-bond acceptors (Lipinski definition) is 5. The molecular formula is C20H32BrN3O4. The lowest BCUT2D eigenvalue weighted by Gasteiger charge is -2.32. The Morgan fingerprint density at radius 1 is 1.21 bits per heavy atom. The van der Waals surface area contributed by atoms with Crippen LogP contribution >= 0.6 is 15.9 Å². The molecule has 1 rings (SSSR count). The fourth-order valence-electron chi connectivity index (χ4n) is 2.73. The van der Waals surface area contributed by atoms with Gasteiger partial charge in [-0.15, -0.1) is 0 Å². The van der Waals surface area contributed by atoms with Gasteiger partial charge in [-0.1, -0.05) is 6.07 Å². The van der Waals surface area contributed by atoms with Gasteiger partial charge in [0.1, 0.15) is 17.0 Å². The van der Waals surface area contributed by atoms with Crippen LogP contribution in [-0.2, 0) is 11.3 Å². The number of rotatable bonds is 6. The summed E-state index contributed by atoms with van der Waals surface area (Å²) in [6.45, 7) is 13.0. The molecule has 7 nitrogen and oxygen atoms in total. The summed E-state index contributed by atoms with van der Waals surface area (Å²) in [5.41, 5.74) is 4.64. The fraction of sp³-hybridized carbons (Fsp3) is 0.600. The number of carbonyl (C=O) groups excluding carboxylic acids is 1. The van der Waals surface area contributed by atoms with E-state index in [1.54, 1.807) is 34.6 Å². The Bertz CT molecular complexity index is 719. The van der Waals surface area contributed by atoms with Crippen LogP contribution in [-0.4, -0.2) is 34.0 Å². The summed E-state index contributed by atoms with van der Waals surface area (Å²) in [4.78, 5) is 15.8. The molecule has 0 atom stereocenters. The molecule has 0 spiro atoms. The van der Waals surface area contributed by atoms with Gasteiger partial charge in [0.25, 0.3) is 0 Å². The Kier molecular flexibility index (Phi) is 7.91. The number of amides is 1. The third-order valence-electron chi connectivity index (χ3n) is 3.30. The predicted octanol–water partition coefficient (Wildman–Crippen LogP) is 4.11. The molecule has 0 aliphatic carbocycles. The molecule has 0 saturated heterocycles. The zero-order valence-electron chi connectivity index (χ0n) is 17.7. The van der Waals surface area contributed by atoms with Crippen molar-refractivity contribution < 1.29 is 19.4 Å². The van der Waals surface area contributed by atoms with E-state index in [2.05, 4.69) is 26.2 Å². The number of halogens is 1. The van der Waals surface area contributed by atoms with Crippen molar-refractivity contribution in [1.29, 1.82) is 0 Å². The number of benzene rings is 1. The Morgan fingerprint density at radius 3 is 2.32 bits per heavy atom. The van der Waals surface area contributed by atoms with Gasteiger partial charge in [-0.3, -0.25) is 5.32 Å². The molecular weight excluding hydrogens is 426 g/mol. The average Bonchev–Trinajstić information content (AvgIpc) is 2.42. The Labute approximate surface area is 175 Å². The van der Waals surface area contributed by atoms with E-state index in [1.165, 1.54) is 0 Å². The molecule has 0 aliphatic heterocycles. The highest BCUT2D eigenvalue weighted by molar-refractivity contribution is 9.10. The molecule has 28 heavy (non-hydrogen) atoms. The molecule has 0 radical (unpaired) electrons. The van der Waals surface area contributed by atoms with E-state index in [1.807, 2.05) is 32.0 Å². The predicted molar refractivity (Wildman–Crippen MR) is 114 cm³/mol. The minimum absolute atomic E-state index is 0.0167. The summed E-state index contributed by atoms with van der Waals surface area (Å²) >= 11 is 3.50. The van der Waals surface area contributed by atoms with Gasteiger partial charge in [-0.2, -0.15) is 0 Å². The van der Waals surface area contributed by atoms with Gasteiger partial charge in [0.05, 0.1) is 16.6 Å². The number of hydrogen-bond donors (Lipinski definition) is 3. The van der Waals surface area contributed by atoms with E-state index in [4.69, 9.17) is 15.2 Å². The number of nitrogens with zero attached hydrogens (tertiary/aromatic N) is 1. The van der Waals surface area contributed by atoms with Crippen molar-refractivity contribution >= 4 is 28.0 Å². The quantitative estimate of drug-likeness (QED) is 0.440. The van der Waals surface area contributed by atoms with E-state index in [0.717, 1.165) is 10.0 Å². The van der Waals surface area contributed by atoms with Crippen LogP contribution in [0.3, 0.4) is 0 Å². The lowest BCUT2D eigenvalue weighted by molar-refractivity contribution is -0.0109. The van der Waals surface area contributed by atoms with Gasteiger partial charge in [0.15, 0.2) is 5.96 Å². The van der Waals surface area contributed by atoms with Crippen molar-refractivity contribution in [2.75, 3.05) is 0 Å². The number of nitrogens with two attached hydrogens (primary N) is 1. The molecule has 0 fully saturated rings. The Hall–Kier alpha value is -1.80. The lowest BCUT2D eigenvalue weighted by atomic mass is 9.92. The highest BCUT2D eigenvalue weighted by atomic mass is 79.9. The number of ether oxygens (including phenoxy) is 2. The average molecular weight is 458 g/mol. The van der Waals surface area contributed by atoms with Crippen molar-refractivity contribution in [3.05, 3.63) is 28.2 Å². The smallest absolute Gasteiger partial charge is 0.414 e. The molecule has 1 aromatic carbocycles. The van der Waals surface area contributed by atoms with Gasteiger partial charge in [0.2, 0.25) is 0 Å². The van der Waals surface area contributed by atoms with Gasteiger partial charge < -0.3 is 20.3 Å². The topological polar surface area (TPSA) is 106 Å². The van der Waals surface area contributed by atoms with Crippen LogP contribution in [0, 0.1) is 0 Å². The fourth-order valence-corrected chi connectivity index (χ4v) is 3.23. The Morgan fingerprint density at radius 2 is 1.82 bits per heavy atom. The second-order valence-electron chi connectivity index (χ2n) is 8.94. The summed E-state index contributed by atoms with van der Waals surface area (Å²) in [6.07, 6.45) is -0.168. The first-order chi connectivity index (χ1) is 12.6. The molecule has 0 aliphatic rings.